The smallest absolute Gasteiger partial charge is 0.0325 e. The quantitative estimate of drug-likeness (QED) is 0.718. The van der Waals surface area contributed by atoms with E-state index in [2.05, 4.69) is 17.3 Å². The molecule has 1 heterocycles. The van der Waals surface area contributed by atoms with Gasteiger partial charge in [-0.15, -0.1) is 0 Å². The lowest BCUT2D eigenvalue weighted by molar-refractivity contribution is 0.0671. The zero-order chi connectivity index (χ0) is 9.60. The summed E-state index contributed by atoms with van der Waals surface area (Å²) in [6, 6.07) is 1.68. The first-order valence-corrected chi connectivity index (χ1v) is 6.23. The second kappa shape index (κ2) is 3.21. The Morgan fingerprint density at radius 1 is 1.14 bits per heavy atom. The van der Waals surface area contributed by atoms with Gasteiger partial charge in [0, 0.05) is 25.2 Å². The van der Waals surface area contributed by atoms with E-state index < -0.39 is 0 Å². The maximum atomic E-state index is 3.90. The van der Waals surface area contributed by atoms with Crippen LogP contribution in [0.3, 0.4) is 0 Å². The molecule has 2 nitrogen and oxygen atoms in total. The minimum absolute atomic E-state index is 0.758. The van der Waals surface area contributed by atoms with Gasteiger partial charge in [0.15, 0.2) is 0 Å². The normalized spacial score (nSPS) is 37.1. The van der Waals surface area contributed by atoms with Crippen molar-refractivity contribution in [1.29, 1.82) is 0 Å². The van der Waals surface area contributed by atoms with Crippen LogP contribution in [-0.4, -0.2) is 37.1 Å². The average molecular weight is 194 g/mol. The third kappa shape index (κ3) is 1.31. The zero-order valence-electron chi connectivity index (χ0n) is 9.26. The standard InChI is InChI=1S/C12H22N2/c1-14-8-10(9-14)13-11-4-2-5-12(11)6-3-7-12/h10-11,13H,2-9H2,1H3. The van der Waals surface area contributed by atoms with Crippen LogP contribution in [0.15, 0.2) is 0 Å². The molecule has 1 atom stereocenters. The maximum Gasteiger partial charge on any atom is 0.0325 e. The highest BCUT2D eigenvalue weighted by atomic mass is 15.2. The Kier molecular flexibility index (Phi) is 2.10. The Labute approximate surface area is 87.0 Å². The average Bonchev–Trinajstić information content (AvgIpc) is 2.44. The third-order valence-electron chi connectivity index (χ3n) is 4.76. The predicted molar refractivity (Wildman–Crippen MR) is 58.3 cm³/mol. The van der Waals surface area contributed by atoms with E-state index in [1.165, 1.54) is 51.6 Å². The molecule has 1 saturated heterocycles. The first-order valence-electron chi connectivity index (χ1n) is 6.23. The summed E-state index contributed by atoms with van der Waals surface area (Å²) in [4.78, 5) is 2.40. The maximum absolute atomic E-state index is 3.90. The molecule has 80 valence electrons. The topological polar surface area (TPSA) is 15.3 Å². The summed E-state index contributed by atoms with van der Waals surface area (Å²) in [5, 5.41) is 3.90. The Morgan fingerprint density at radius 3 is 2.43 bits per heavy atom. The summed E-state index contributed by atoms with van der Waals surface area (Å²) in [5.41, 5.74) is 0.758. The number of hydrogen-bond donors (Lipinski definition) is 1. The number of nitrogens with zero attached hydrogens (tertiary/aromatic N) is 1. The predicted octanol–water partition coefficient (Wildman–Crippen LogP) is 1.61. The minimum Gasteiger partial charge on any atom is -0.308 e. The van der Waals surface area contributed by atoms with Crippen LogP contribution < -0.4 is 5.32 Å². The molecular formula is C12H22N2. The fourth-order valence-corrected chi connectivity index (χ4v) is 3.72. The second-order valence-electron chi connectivity index (χ2n) is 5.75. The van der Waals surface area contributed by atoms with Gasteiger partial charge in [-0.25, -0.2) is 0 Å². The van der Waals surface area contributed by atoms with E-state index in [1.807, 2.05) is 0 Å². The van der Waals surface area contributed by atoms with Crippen molar-refractivity contribution in [3.8, 4) is 0 Å². The molecular weight excluding hydrogens is 172 g/mol. The van der Waals surface area contributed by atoms with Crippen LogP contribution >= 0.6 is 0 Å². The van der Waals surface area contributed by atoms with E-state index in [-0.39, 0.29) is 0 Å². The van der Waals surface area contributed by atoms with Gasteiger partial charge >= 0.3 is 0 Å². The molecule has 0 amide bonds. The highest BCUT2D eigenvalue weighted by molar-refractivity contribution is 5.03. The molecule has 1 aliphatic heterocycles. The SMILES string of the molecule is CN1CC(NC2CCCC23CCC3)C1. The van der Waals surface area contributed by atoms with Crippen LogP contribution in [0.2, 0.25) is 0 Å². The van der Waals surface area contributed by atoms with Crippen LogP contribution in [0.1, 0.15) is 38.5 Å². The molecule has 1 unspecified atom stereocenters. The van der Waals surface area contributed by atoms with Crippen molar-refractivity contribution in [1.82, 2.24) is 10.2 Å². The van der Waals surface area contributed by atoms with Crippen molar-refractivity contribution in [2.45, 2.75) is 50.6 Å². The summed E-state index contributed by atoms with van der Waals surface area (Å²) < 4.78 is 0. The van der Waals surface area contributed by atoms with Crippen molar-refractivity contribution >= 4 is 0 Å². The number of likely N-dealkylation sites (tertiary alicyclic amines) is 1. The minimum atomic E-state index is 0.758. The van der Waals surface area contributed by atoms with E-state index in [0.29, 0.717) is 0 Å². The molecule has 0 radical (unpaired) electrons. The van der Waals surface area contributed by atoms with Gasteiger partial charge in [-0.1, -0.05) is 12.8 Å². The van der Waals surface area contributed by atoms with Crippen molar-refractivity contribution in [3.63, 3.8) is 0 Å². The number of hydrogen-bond acceptors (Lipinski definition) is 2. The molecule has 14 heavy (non-hydrogen) atoms. The summed E-state index contributed by atoms with van der Waals surface area (Å²) in [6.07, 6.45) is 8.93. The molecule has 0 bridgehead atoms. The summed E-state index contributed by atoms with van der Waals surface area (Å²) in [6.45, 7) is 2.54. The van der Waals surface area contributed by atoms with Gasteiger partial charge in [0.1, 0.15) is 0 Å². The Morgan fingerprint density at radius 2 is 1.86 bits per heavy atom. The van der Waals surface area contributed by atoms with E-state index in [4.69, 9.17) is 0 Å². The fourth-order valence-electron chi connectivity index (χ4n) is 3.72. The zero-order valence-corrected chi connectivity index (χ0v) is 9.26. The van der Waals surface area contributed by atoms with Gasteiger partial charge in [0.05, 0.1) is 0 Å². The summed E-state index contributed by atoms with van der Waals surface area (Å²) >= 11 is 0. The second-order valence-corrected chi connectivity index (χ2v) is 5.75. The number of rotatable bonds is 2. The van der Waals surface area contributed by atoms with E-state index in [0.717, 1.165) is 17.5 Å². The van der Waals surface area contributed by atoms with Crippen LogP contribution in [-0.2, 0) is 0 Å². The lowest BCUT2D eigenvalue weighted by atomic mass is 9.65. The largest absolute Gasteiger partial charge is 0.308 e. The van der Waals surface area contributed by atoms with Gasteiger partial charge in [-0.05, 0) is 38.1 Å². The van der Waals surface area contributed by atoms with Crippen molar-refractivity contribution in [2.75, 3.05) is 20.1 Å². The van der Waals surface area contributed by atoms with Crippen molar-refractivity contribution in [3.05, 3.63) is 0 Å². The summed E-state index contributed by atoms with van der Waals surface area (Å²) in [7, 11) is 2.21. The molecule has 2 heteroatoms. The van der Waals surface area contributed by atoms with E-state index in [9.17, 15) is 0 Å². The molecule has 0 aromatic rings. The third-order valence-corrected chi connectivity index (χ3v) is 4.76. The molecule has 2 saturated carbocycles. The van der Waals surface area contributed by atoms with Gasteiger partial charge in [-0.2, -0.15) is 0 Å². The monoisotopic (exact) mass is 194 g/mol. The molecule has 3 fully saturated rings. The molecule has 1 N–H and O–H groups in total. The Balaban J connectivity index is 1.56. The number of nitrogens with one attached hydrogen (secondary N) is 1. The molecule has 0 aromatic carbocycles. The van der Waals surface area contributed by atoms with E-state index in [1.54, 1.807) is 0 Å². The van der Waals surface area contributed by atoms with Gasteiger partial charge in [0.2, 0.25) is 0 Å². The number of likely N-dealkylation sites (N-methyl/N-ethyl adjacent to an activating group) is 1. The molecule has 3 rings (SSSR count). The lowest BCUT2D eigenvalue weighted by Crippen LogP contribution is -2.61. The highest BCUT2D eigenvalue weighted by Gasteiger charge is 2.47. The van der Waals surface area contributed by atoms with Crippen LogP contribution in [0.25, 0.3) is 0 Å². The molecule has 0 aromatic heterocycles. The van der Waals surface area contributed by atoms with Gasteiger partial charge in [-0.3, -0.25) is 0 Å². The Hall–Kier alpha value is -0.0800. The highest BCUT2D eigenvalue weighted by Crippen LogP contribution is 2.53. The summed E-state index contributed by atoms with van der Waals surface area (Å²) in [5.74, 6) is 0. The van der Waals surface area contributed by atoms with Gasteiger partial charge < -0.3 is 10.2 Å². The fraction of sp³-hybridized carbons (Fsp3) is 1.00. The first-order chi connectivity index (χ1) is 6.78. The molecule has 1 spiro atoms. The van der Waals surface area contributed by atoms with Gasteiger partial charge in [0.25, 0.3) is 0 Å². The Bertz CT molecular complexity index is 216. The van der Waals surface area contributed by atoms with Crippen molar-refractivity contribution < 1.29 is 0 Å². The van der Waals surface area contributed by atoms with Crippen LogP contribution in [0.5, 0.6) is 0 Å². The molecule has 2 aliphatic carbocycles. The van der Waals surface area contributed by atoms with Crippen LogP contribution in [0, 0.1) is 5.41 Å². The van der Waals surface area contributed by atoms with Crippen LogP contribution in [0.4, 0.5) is 0 Å². The van der Waals surface area contributed by atoms with Crippen molar-refractivity contribution in [2.24, 2.45) is 5.41 Å². The first kappa shape index (κ1) is 9.17. The molecule has 3 aliphatic rings. The lowest BCUT2D eigenvalue weighted by Gasteiger charge is -2.48. The van der Waals surface area contributed by atoms with E-state index >= 15 is 0 Å².